The molecule has 0 amide bonds. The Kier molecular flexibility index (Phi) is 9.02. The summed E-state index contributed by atoms with van der Waals surface area (Å²) in [5.41, 5.74) is 0. The summed E-state index contributed by atoms with van der Waals surface area (Å²) >= 11 is 34.2. The van der Waals surface area contributed by atoms with E-state index in [9.17, 15) is 0 Å². The van der Waals surface area contributed by atoms with Gasteiger partial charge in [-0.15, -0.1) is 69.6 Å². The van der Waals surface area contributed by atoms with Crippen LogP contribution in [0, 0.1) is 0 Å². The summed E-state index contributed by atoms with van der Waals surface area (Å²) in [6.45, 7) is 0. The first kappa shape index (κ1) is 14.7. The molecule has 0 heterocycles. The Morgan fingerprint density at radius 3 is 1.54 bits per heavy atom. The maximum absolute atomic E-state index is 5.92. The van der Waals surface area contributed by atoms with Crippen LogP contribution in [0.25, 0.3) is 0 Å². The highest BCUT2D eigenvalue weighted by Gasteiger charge is 2.19. The molecular formula is C7H10Cl6. The number of rotatable bonds is 6. The molecule has 6 heteroatoms. The van der Waals surface area contributed by atoms with E-state index >= 15 is 0 Å². The normalized spacial score (nSPS) is 18.7. The van der Waals surface area contributed by atoms with Crippen LogP contribution >= 0.6 is 69.6 Å². The summed E-state index contributed by atoms with van der Waals surface area (Å²) in [5, 5.41) is -0.715. The van der Waals surface area contributed by atoms with Gasteiger partial charge in [0.2, 0.25) is 0 Å². The molecule has 0 saturated heterocycles. The number of hydrogen-bond acceptors (Lipinski definition) is 0. The standard InChI is InChI=1S/C7H10Cl6/c8-3-6(11)4(9)1-2-5(10)7(12)13/h4-7H,1-3H2. The zero-order chi connectivity index (χ0) is 10.4. The van der Waals surface area contributed by atoms with E-state index in [2.05, 4.69) is 0 Å². The van der Waals surface area contributed by atoms with Crippen LogP contribution in [-0.2, 0) is 0 Å². The molecule has 0 radical (unpaired) electrons. The molecule has 0 aromatic heterocycles. The Hall–Kier alpha value is 1.74. The molecule has 0 rings (SSSR count). The van der Waals surface area contributed by atoms with Gasteiger partial charge >= 0.3 is 0 Å². The van der Waals surface area contributed by atoms with E-state index in [0.717, 1.165) is 0 Å². The van der Waals surface area contributed by atoms with Gasteiger partial charge in [0.05, 0.1) is 16.1 Å². The van der Waals surface area contributed by atoms with Gasteiger partial charge in [0.15, 0.2) is 0 Å². The minimum absolute atomic E-state index is 0.188. The highest BCUT2D eigenvalue weighted by Crippen LogP contribution is 2.23. The van der Waals surface area contributed by atoms with Gasteiger partial charge in [-0.25, -0.2) is 0 Å². The van der Waals surface area contributed by atoms with E-state index in [1.807, 2.05) is 0 Å². The summed E-state index contributed by atoms with van der Waals surface area (Å²) in [4.78, 5) is -0.574. The van der Waals surface area contributed by atoms with Gasteiger partial charge in [0, 0.05) is 5.88 Å². The maximum Gasteiger partial charge on any atom is 0.124 e. The fourth-order valence-corrected chi connectivity index (χ4v) is 1.75. The predicted molar refractivity (Wildman–Crippen MR) is 64.4 cm³/mol. The van der Waals surface area contributed by atoms with E-state index in [-0.39, 0.29) is 16.1 Å². The monoisotopic (exact) mass is 304 g/mol. The molecule has 0 N–H and O–H groups in total. The Bertz CT molecular complexity index is 128. The van der Waals surface area contributed by atoms with Gasteiger partial charge in [-0.05, 0) is 12.8 Å². The summed E-state index contributed by atoms with van der Waals surface area (Å²) in [6.07, 6.45) is 1.29. The van der Waals surface area contributed by atoms with Crippen molar-refractivity contribution in [3.63, 3.8) is 0 Å². The van der Waals surface area contributed by atoms with E-state index in [1.54, 1.807) is 0 Å². The molecule has 3 atom stereocenters. The molecule has 0 saturated carbocycles. The average molecular weight is 307 g/mol. The lowest BCUT2D eigenvalue weighted by atomic mass is 10.1. The zero-order valence-corrected chi connectivity index (χ0v) is 11.2. The van der Waals surface area contributed by atoms with Crippen molar-refractivity contribution in [2.75, 3.05) is 5.88 Å². The fraction of sp³-hybridized carbons (Fsp3) is 1.00. The highest BCUT2D eigenvalue weighted by atomic mass is 35.5. The van der Waals surface area contributed by atoms with E-state index in [4.69, 9.17) is 69.6 Å². The summed E-state index contributed by atoms with van der Waals surface area (Å²) in [6, 6.07) is 0. The van der Waals surface area contributed by atoms with Crippen molar-refractivity contribution in [3.8, 4) is 0 Å². The first-order valence-electron chi connectivity index (χ1n) is 3.75. The first-order chi connectivity index (χ1) is 5.99. The van der Waals surface area contributed by atoms with Crippen LogP contribution in [0.1, 0.15) is 12.8 Å². The molecule has 0 aromatic carbocycles. The summed E-state index contributed by atoms with van der Waals surface area (Å²) < 4.78 is 0. The van der Waals surface area contributed by atoms with Crippen molar-refractivity contribution in [1.29, 1.82) is 0 Å². The third kappa shape index (κ3) is 6.76. The maximum atomic E-state index is 5.92. The molecule has 0 spiro atoms. The van der Waals surface area contributed by atoms with Gasteiger partial charge in [0.1, 0.15) is 4.84 Å². The molecule has 80 valence electrons. The third-order valence-corrected chi connectivity index (χ3v) is 4.47. The van der Waals surface area contributed by atoms with E-state index in [0.29, 0.717) is 18.7 Å². The number of halogens is 6. The lowest BCUT2D eigenvalue weighted by molar-refractivity contribution is 0.667. The van der Waals surface area contributed by atoms with Crippen molar-refractivity contribution in [2.45, 2.75) is 33.8 Å². The summed E-state index contributed by atoms with van der Waals surface area (Å²) in [5.74, 6) is 0.327. The van der Waals surface area contributed by atoms with E-state index < -0.39 is 4.84 Å². The lowest BCUT2D eigenvalue weighted by Crippen LogP contribution is -2.19. The van der Waals surface area contributed by atoms with Crippen molar-refractivity contribution in [1.82, 2.24) is 0 Å². The van der Waals surface area contributed by atoms with Crippen molar-refractivity contribution >= 4 is 69.6 Å². The Balaban J connectivity index is 3.63. The molecule has 0 aliphatic rings. The minimum Gasteiger partial charge on any atom is -0.125 e. The van der Waals surface area contributed by atoms with Crippen molar-refractivity contribution in [3.05, 3.63) is 0 Å². The average Bonchev–Trinajstić information content (AvgIpc) is 2.11. The first-order valence-corrected chi connectivity index (χ1v) is 6.47. The van der Waals surface area contributed by atoms with E-state index in [1.165, 1.54) is 0 Å². The second kappa shape index (κ2) is 7.96. The highest BCUT2D eigenvalue weighted by molar-refractivity contribution is 6.48. The van der Waals surface area contributed by atoms with Crippen LogP contribution in [0.5, 0.6) is 0 Å². The zero-order valence-electron chi connectivity index (χ0n) is 6.70. The van der Waals surface area contributed by atoms with Gasteiger partial charge in [0.25, 0.3) is 0 Å². The second-order valence-electron chi connectivity index (χ2n) is 2.61. The molecule has 0 nitrogen and oxygen atoms in total. The fourth-order valence-electron chi connectivity index (χ4n) is 0.722. The van der Waals surface area contributed by atoms with Gasteiger partial charge in [-0.3, -0.25) is 0 Å². The quantitative estimate of drug-likeness (QED) is 0.628. The van der Waals surface area contributed by atoms with Crippen LogP contribution in [-0.4, -0.2) is 26.8 Å². The lowest BCUT2D eigenvalue weighted by Gasteiger charge is -2.15. The molecule has 0 aromatic rings. The number of hydrogen-bond donors (Lipinski definition) is 0. The van der Waals surface area contributed by atoms with Gasteiger partial charge in [-0.2, -0.15) is 0 Å². The predicted octanol–water partition coefficient (Wildman–Crippen LogP) is 4.63. The molecular weight excluding hydrogens is 297 g/mol. The van der Waals surface area contributed by atoms with Gasteiger partial charge < -0.3 is 0 Å². The summed E-state index contributed by atoms with van der Waals surface area (Å²) in [7, 11) is 0. The molecule has 0 aliphatic heterocycles. The SMILES string of the molecule is ClCC(Cl)C(Cl)CCC(Cl)C(Cl)Cl. The van der Waals surface area contributed by atoms with Crippen LogP contribution in [0.4, 0.5) is 0 Å². The molecule has 0 aliphatic carbocycles. The second-order valence-corrected chi connectivity index (χ2v) is 5.77. The van der Waals surface area contributed by atoms with Crippen LogP contribution in [0.15, 0.2) is 0 Å². The molecule has 13 heavy (non-hydrogen) atoms. The Morgan fingerprint density at radius 1 is 0.692 bits per heavy atom. The minimum atomic E-state index is -0.574. The largest absolute Gasteiger partial charge is 0.125 e. The Labute approximate surface area is 109 Å². The molecule has 0 fully saturated rings. The van der Waals surface area contributed by atoms with Crippen LogP contribution in [0.2, 0.25) is 0 Å². The number of alkyl halides is 6. The van der Waals surface area contributed by atoms with Gasteiger partial charge in [-0.1, -0.05) is 0 Å². The molecule has 3 unspecified atom stereocenters. The van der Waals surface area contributed by atoms with Crippen LogP contribution < -0.4 is 0 Å². The Morgan fingerprint density at radius 2 is 1.15 bits per heavy atom. The van der Waals surface area contributed by atoms with Crippen LogP contribution in [0.3, 0.4) is 0 Å². The smallest absolute Gasteiger partial charge is 0.124 e. The molecule has 0 bridgehead atoms. The topological polar surface area (TPSA) is 0 Å². The van der Waals surface area contributed by atoms with Crippen molar-refractivity contribution in [2.24, 2.45) is 0 Å². The van der Waals surface area contributed by atoms with Crippen molar-refractivity contribution < 1.29 is 0 Å². The third-order valence-electron chi connectivity index (χ3n) is 1.53.